The summed E-state index contributed by atoms with van der Waals surface area (Å²) < 4.78 is 24.1. The van der Waals surface area contributed by atoms with E-state index in [2.05, 4.69) is 6.07 Å². The number of hydrogen-bond acceptors (Lipinski definition) is 4. The molecule has 2 aromatic carbocycles. The Hall–Kier alpha value is -1.77. The molecule has 0 bridgehead atoms. The van der Waals surface area contributed by atoms with E-state index in [-0.39, 0.29) is 5.75 Å². The zero-order valence-corrected chi connectivity index (χ0v) is 12.3. The molecule has 102 valence electrons. The molecule has 2 aromatic rings. The average Bonchev–Trinajstić information content (AvgIpc) is 2.49. The third-order valence-corrected chi connectivity index (χ3v) is 5.71. The summed E-state index contributed by atoms with van der Waals surface area (Å²) in [4.78, 5) is 1.33. The highest BCUT2D eigenvalue weighted by Gasteiger charge is 2.13. The summed E-state index contributed by atoms with van der Waals surface area (Å²) in [6.07, 6.45) is 0. The van der Waals surface area contributed by atoms with Crippen LogP contribution in [0.25, 0.3) is 0 Å². The lowest BCUT2D eigenvalue weighted by atomic mass is 10.2. The van der Waals surface area contributed by atoms with Crippen LogP contribution in [0.5, 0.6) is 0 Å². The Kier molecular flexibility index (Phi) is 4.83. The molecule has 0 heterocycles. The Balaban J connectivity index is 1.94. The van der Waals surface area contributed by atoms with E-state index in [4.69, 9.17) is 5.26 Å². The van der Waals surface area contributed by atoms with Gasteiger partial charge < -0.3 is 0 Å². The van der Waals surface area contributed by atoms with Gasteiger partial charge in [-0.1, -0.05) is 18.2 Å². The average molecular weight is 303 g/mol. The third-order valence-electron chi connectivity index (χ3n) is 2.71. The Morgan fingerprint density at radius 1 is 1.00 bits per heavy atom. The van der Waals surface area contributed by atoms with Gasteiger partial charge in [-0.15, -0.1) is 11.8 Å². The van der Waals surface area contributed by atoms with Gasteiger partial charge in [-0.25, -0.2) is 8.42 Å². The second kappa shape index (κ2) is 6.60. The first-order valence-electron chi connectivity index (χ1n) is 6.02. The van der Waals surface area contributed by atoms with Crippen molar-refractivity contribution in [3.8, 4) is 6.07 Å². The highest BCUT2D eigenvalue weighted by molar-refractivity contribution is 8.00. The van der Waals surface area contributed by atoms with E-state index in [1.54, 1.807) is 42.5 Å². The molecule has 0 amide bonds. The van der Waals surface area contributed by atoms with Crippen molar-refractivity contribution in [3.63, 3.8) is 0 Å². The molecule has 0 spiro atoms. The van der Waals surface area contributed by atoms with Crippen molar-refractivity contribution in [1.82, 2.24) is 0 Å². The van der Waals surface area contributed by atoms with E-state index in [1.807, 2.05) is 12.1 Å². The van der Waals surface area contributed by atoms with Gasteiger partial charge in [-0.3, -0.25) is 0 Å². The van der Waals surface area contributed by atoms with E-state index >= 15 is 0 Å². The van der Waals surface area contributed by atoms with Gasteiger partial charge >= 0.3 is 0 Å². The van der Waals surface area contributed by atoms with Crippen LogP contribution in [0.4, 0.5) is 0 Å². The van der Waals surface area contributed by atoms with Crippen molar-refractivity contribution >= 4 is 21.6 Å². The number of rotatable bonds is 5. The summed E-state index contributed by atoms with van der Waals surface area (Å²) >= 11 is 1.47. The minimum Gasteiger partial charge on any atom is -0.224 e. The van der Waals surface area contributed by atoms with Gasteiger partial charge in [0, 0.05) is 10.6 Å². The number of hydrogen-bond donors (Lipinski definition) is 0. The molecular weight excluding hydrogens is 290 g/mol. The van der Waals surface area contributed by atoms with Gasteiger partial charge in [-0.05, 0) is 36.4 Å². The molecule has 0 aliphatic rings. The quantitative estimate of drug-likeness (QED) is 0.796. The van der Waals surface area contributed by atoms with E-state index in [0.717, 1.165) is 4.90 Å². The molecule has 5 heteroatoms. The molecule has 2 rings (SSSR count). The van der Waals surface area contributed by atoms with Gasteiger partial charge in [0.15, 0.2) is 9.84 Å². The normalized spacial score (nSPS) is 10.9. The maximum Gasteiger partial charge on any atom is 0.179 e. The highest BCUT2D eigenvalue weighted by Crippen LogP contribution is 2.20. The lowest BCUT2D eigenvalue weighted by molar-refractivity contribution is 0.597. The van der Waals surface area contributed by atoms with Gasteiger partial charge in [0.1, 0.15) is 0 Å². The van der Waals surface area contributed by atoms with Crippen LogP contribution in [-0.2, 0) is 9.84 Å². The summed E-state index contributed by atoms with van der Waals surface area (Å²) in [7, 11) is -3.22. The highest BCUT2D eigenvalue weighted by atomic mass is 32.2. The summed E-state index contributed by atoms with van der Waals surface area (Å²) in [5, 5.41) is 8.70. The van der Waals surface area contributed by atoms with Crippen molar-refractivity contribution in [3.05, 3.63) is 60.2 Å². The fourth-order valence-corrected chi connectivity index (χ4v) is 4.22. The zero-order chi connectivity index (χ0) is 14.4. The summed E-state index contributed by atoms with van der Waals surface area (Å²) in [5.74, 6) is 0.588. The molecule has 0 fully saturated rings. The minimum atomic E-state index is -3.22. The number of benzene rings is 2. The second-order valence-corrected chi connectivity index (χ2v) is 7.39. The molecule has 3 nitrogen and oxygen atoms in total. The van der Waals surface area contributed by atoms with Crippen LogP contribution in [0.1, 0.15) is 5.56 Å². The Labute approximate surface area is 123 Å². The molecular formula is C15H13NO2S2. The smallest absolute Gasteiger partial charge is 0.179 e. The summed E-state index contributed by atoms with van der Waals surface area (Å²) in [6.45, 7) is 0. The van der Waals surface area contributed by atoms with Crippen LogP contribution in [-0.4, -0.2) is 19.9 Å². The van der Waals surface area contributed by atoms with E-state index in [9.17, 15) is 8.42 Å². The molecule has 20 heavy (non-hydrogen) atoms. The van der Waals surface area contributed by atoms with E-state index < -0.39 is 9.84 Å². The zero-order valence-electron chi connectivity index (χ0n) is 10.7. The van der Waals surface area contributed by atoms with Crippen LogP contribution in [0.2, 0.25) is 0 Å². The van der Waals surface area contributed by atoms with Crippen molar-refractivity contribution in [2.45, 2.75) is 9.79 Å². The maximum absolute atomic E-state index is 12.1. The summed E-state index contributed by atoms with van der Waals surface area (Å²) in [5.41, 5.74) is 0.603. The molecule has 0 saturated carbocycles. The molecule has 0 unspecified atom stereocenters. The second-order valence-electron chi connectivity index (χ2n) is 4.12. The molecule has 0 atom stereocenters. The fraction of sp³-hybridized carbons (Fsp3) is 0.133. The number of thioether (sulfide) groups is 1. The van der Waals surface area contributed by atoms with Crippen molar-refractivity contribution < 1.29 is 8.42 Å². The Morgan fingerprint density at radius 2 is 1.65 bits per heavy atom. The number of sulfone groups is 1. The van der Waals surface area contributed by atoms with Gasteiger partial charge in [0.2, 0.25) is 0 Å². The monoisotopic (exact) mass is 303 g/mol. The molecule has 0 aliphatic heterocycles. The van der Waals surface area contributed by atoms with Crippen molar-refractivity contribution in [2.75, 3.05) is 11.5 Å². The molecule has 0 N–H and O–H groups in total. The first-order valence-corrected chi connectivity index (χ1v) is 8.66. The van der Waals surface area contributed by atoms with Crippen LogP contribution in [0, 0.1) is 11.3 Å². The summed E-state index contributed by atoms with van der Waals surface area (Å²) in [6, 6.07) is 17.6. The van der Waals surface area contributed by atoms with Crippen LogP contribution >= 0.6 is 11.8 Å². The lowest BCUT2D eigenvalue weighted by Crippen LogP contribution is -2.08. The first-order chi connectivity index (χ1) is 9.62. The van der Waals surface area contributed by atoms with Gasteiger partial charge in [0.05, 0.1) is 22.3 Å². The van der Waals surface area contributed by atoms with Crippen LogP contribution < -0.4 is 0 Å². The predicted molar refractivity (Wildman–Crippen MR) is 80.4 cm³/mol. The number of nitrogens with zero attached hydrogens (tertiary/aromatic N) is 1. The maximum atomic E-state index is 12.1. The molecule has 0 aromatic heterocycles. The topological polar surface area (TPSA) is 57.9 Å². The van der Waals surface area contributed by atoms with Gasteiger partial charge in [0.25, 0.3) is 0 Å². The SMILES string of the molecule is N#Cc1ccc(SCCS(=O)(=O)c2ccccc2)cc1. The predicted octanol–water partition coefficient (Wildman–Crippen LogP) is 3.12. The standard InChI is InChI=1S/C15H13NO2S2/c16-12-13-6-8-14(9-7-13)19-10-11-20(17,18)15-4-2-1-3-5-15/h1-9H,10-11H2. The van der Waals surface area contributed by atoms with Crippen LogP contribution in [0.15, 0.2) is 64.4 Å². The lowest BCUT2D eigenvalue weighted by Gasteiger charge is -2.04. The largest absolute Gasteiger partial charge is 0.224 e. The van der Waals surface area contributed by atoms with Gasteiger partial charge in [-0.2, -0.15) is 5.26 Å². The molecule has 0 aliphatic carbocycles. The Morgan fingerprint density at radius 3 is 2.25 bits per heavy atom. The van der Waals surface area contributed by atoms with E-state index in [0.29, 0.717) is 16.2 Å². The van der Waals surface area contributed by atoms with Crippen LogP contribution in [0.3, 0.4) is 0 Å². The Bertz CT molecular complexity index is 702. The fourth-order valence-electron chi connectivity index (χ4n) is 1.64. The minimum absolute atomic E-state index is 0.0989. The number of nitriles is 1. The van der Waals surface area contributed by atoms with Crippen molar-refractivity contribution in [2.24, 2.45) is 0 Å². The van der Waals surface area contributed by atoms with E-state index in [1.165, 1.54) is 11.8 Å². The van der Waals surface area contributed by atoms with Crippen molar-refractivity contribution in [1.29, 1.82) is 5.26 Å². The third kappa shape index (κ3) is 3.86. The first kappa shape index (κ1) is 14.6. The molecule has 0 saturated heterocycles. The molecule has 0 radical (unpaired) electrons.